The van der Waals surface area contributed by atoms with Gasteiger partial charge in [0.25, 0.3) is 0 Å². The van der Waals surface area contributed by atoms with Gasteiger partial charge in [0.15, 0.2) is 0 Å². The van der Waals surface area contributed by atoms with Gasteiger partial charge < -0.3 is 10.1 Å². The summed E-state index contributed by atoms with van der Waals surface area (Å²) < 4.78 is 4.65. The first kappa shape index (κ1) is 14.5. The molecule has 0 aliphatic rings. The molecule has 0 bridgehead atoms. The SMILES string of the molecule is COC(=O)c1sccc1NC(=O)CSc1ccccn1. The molecular weight excluding hydrogens is 296 g/mol. The molecule has 2 aromatic heterocycles. The fourth-order valence-corrected chi connectivity index (χ4v) is 2.84. The molecule has 0 saturated carbocycles. The van der Waals surface area contributed by atoms with Gasteiger partial charge in [-0.15, -0.1) is 11.3 Å². The number of thioether (sulfide) groups is 1. The molecule has 0 radical (unpaired) electrons. The van der Waals surface area contributed by atoms with E-state index in [2.05, 4.69) is 15.0 Å². The zero-order valence-corrected chi connectivity index (χ0v) is 12.3. The van der Waals surface area contributed by atoms with Crippen LogP contribution in [0.15, 0.2) is 40.9 Å². The number of carbonyl (C=O) groups is 2. The van der Waals surface area contributed by atoms with Crippen LogP contribution < -0.4 is 5.32 Å². The van der Waals surface area contributed by atoms with Crippen molar-refractivity contribution in [1.82, 2.24) is 4.98 Å². The molecule has 0 aromatic carbocycles. The number of pyridine rings is 1. The Balaban J connectivity index is 1.92. The fraction of sp³-hybridized carbons (Fsp3) is 0.154. The highest BCUT2D eigenvalue weighted by molar-refractivity contribution is 7.99. The number of amides is 1. The van der Waals surface area contributed by atoms with Crippen LogP contribution in [0.4, 0.5) is 5.69 Å². The average Bonchev–Trinajstić information content (AvgIpc) is 2.93. The van der Waals surface area contributed by atoms with Gasteiger partial charge in [0, 0.05) is 6.20 Å². The van der Waals surface area contributed by atoms with Gasteiger partial charge in [0.2, 0.25) is 5.91 Å². The molecule has 2 heterocycles. The molecule has 0 atom stereocenters. The van der Waals surface area contributed by atoms with Gasteiger partial charge in [-0.1, -0.05) is 17.8 Å². The molecule has 2 rings (SSSR count). The molecule has 104 valence electrons. The Bertz CT molecular complexity index is 599. The molecule has 1 amide bonds. The maximum Gasteiger partial charge on any atom is 0.350 e. The number of rotatable bonds is 5. The Labute approximate surface area is 124 Å². The highest BCUT2D eigenvalue weighted by Crippen LogP contribution is 2.23. The number of methoxy groups -OCH3 is 1. The minimum Gasteiger partial charge on any atom is -0.465 e. The van der Waals surface area contributed by atoms with Crippen LogP contribution in [-0.2, 0) is 9.53 Å². The lowest BCUT2D eigenvalue weighted by atomic mass is 10.4. The number of nitrogens with zero attached hydrogens (tertiary/aromatic N) is 1. The third kappa shape index (κ3) is 3.82. The lowest BCUT2D eigenvalue weighted by Gasteiger charge is -2.05. The van der Waals surface area contributed by atoms with E-state index in [1.54, 1.807) is 17.6 Å². The van der Waals surface area contributed by atoms with Crippen molar-refractivity contribution >= 4 is 40.7 Å². The maximum absolute atomic E-state index is 11.8. The van der Waals surface area contributed by atoms with E-state index in [-0.39, 0.29) is 11.7 Å². The van der Waals surface area contributed by atoms with Gasteiger partial charge >= 0.3 is 5.97 Å². The Hall–Kier alpha value is -1.86. The molecule has 7 heteroatoms. The van der Waals surface area contributed by atoms with E-state index < -0.39 is 5.97 Å². The van der Waals surface area contributed by atoms with Crippen molar-refractivity contribution in [1.29, 1.82) is 0 Å². The first-order chi connectivity index (χ1) is 9.70. The molecule has 1 N–H and O–H groups in total. The normalized spacial score (nSPS) is 10.1. The van der Waals surface area contributed by atoms with Crippen molar-refractivity contribution in [3.05, 3.63) is 40.7 Å². The summed E-state index contributed by atoms with van der Waals surface area (Å²) in [5, 5.41) is 5.21. The Morgan fingerprint density at radius 2 is 2.25 bits per heavy atom. The number of esters is 1. The molecule has 0 saturated heterocycles. The van der Waals surface area contributed by atoms with E-state index >= 15 is 0 Å². The van der Waals surface area contributed by atoms with E-state index in [1.807, 2.05) is 18.2 Å². The highest BCUT2D eigenvalue weighted by atomic mass is 32.2. The Kier molecular flexibility index (Phi) is 5.14. The largest absolute Gasteiger partial charge is 0.465 e. The molecule has 0 aliphatic heterocycles. The average molecular weight is 308 g/mol. The quantitative estimate of drug-likeness (QED) is 0.679. The van der Waals surface area contributed by atoms with Crippen LogP contribution in [0.1, 0.15) is 9.67 Å². The number of hydrogen-bond donors (Lipinski definition) is 1. The predicted molar refractivity (Wildman–Crippen MR) is 79.2 cm³/mol. The number of nitrogens with one attached hydrogen (secondary N) is 1. The molecule has 0 fully saturated rings. The number of thiophene rings is 1. The topological polar surface area (TPSA) is 68.3 Å². The van der Waals surface area contributed by atoms with Crippen molar-refractivity contribution in [2.45, 2.75) is 5.03 Å². The number of aromatic nitrogens is 1. The summed E-state index contributed by atoms with van der Waals surface area (Å²) in [5.74, 6) is -0.412. The summed E-state index contributed by atoms with van der Waals surface area (Å²) in [4.78, 5) is 27.8. The lowest BCUT2D eigenvalue weighted by molar-refractivity contribution is -0.113. The van der Waals surface area contributed by atoms with E-state index in [0.717, 1.165) is 5.03 Å². The summed E-state index contributed by atoms with van der Waals surface area (Å²) in [6.07, 6.45) is 1.68. The smallest absolute Gasteiger partial charge is 0.350 e. The number of ether oxygens (including phenoxy) is 1. The monoisotopic (exact) mass is 308 g/mol. The van der Waals surface area contributed by atoms with Gasteiger partial charge in [0.05, 0.1) is 23.6 Å². The van der Waals surface area contributed by atoms with Crippen molar-refractivity contribution in [3.8, 4) is 0 Å². The van der Waals surface area contributed by atoms with Crippen LogP contribution in [0.25, 0.3) is 0 Å². The van der Waals surface area contributed by atoms with E-state index in [9.17, 15) is 9.59 Å². The summed E-state index contributed by atoms with van der Waals surface area (Å²) in [7, 11) is 1.31. The van der Waals surface area contributed by atoms with Crippen molar-refractivity contribution < 1.29 is 14.3 Å². The first-order valence-corrected chi connectivity index (χ1v) is 7.56. The zero-order valence-electron chi connectivity index (χ0n) is 10.7. The first-order valence-electron chi connectivity index (χ1n) is 5.70. The molecule has 0 spiro atoms. The van der Waals surface area contributed by atoms with E-state index in [4.69, 9.17) is 0 Å². The van der Waals surface area contributed by atoms with Crippen LogP contribution >= 0.6 is 23.1 Å². The lowest BCUT2D eigenvalue weighted by Crippen LogP contribution is -2.15. The third-order valence-electron chi connectivity index (χ3n) is 2.30. The van der Waals surface area contributed by atoms with Crippen LogP contribution in [-0.4, -0.2) is 29.7 Å². The van der Waals surface area contributed by atoms with Gasteiger partial charge in [0.1, 0.15) is 4.88 Å². The molecule has 0 unspecified atom stereocenters. The second-order valence-electron chi connectivity index (χ2n) is 3.66. The van der Waals surface area contributed by atoms with E-state index in [1.165, 1.54) is 30.2 Å². The number of carbonyl (C=O) groups excluding carboxylic acids is 2. The molecular formula is C13H12N2O3S2. The third-order valence-corrected chi connectivity index (χ3v) is 4.14. The summed E-state index contributed by atoms with van der Waals surface area (Å²) >= 11 is 2.56. The van der Waals surface area contributed by atoms with Gasteiger partial charge in [-0.25, -0.2) is 9.78 Å². The van der Waals surface area contributed by atoms with Gasteiger partial charge in [-0.3, -0.25) is 4.79 Å². The van der Waals surface area contributed by atoms with Crippen LogP contribution in [0.3, 0.4) is 0 Å². The second-order valence-corrected chi connectivity index (χ2v) is 5.57. The van der Waals surface area contributed by atoms with Crippen molar-refractivity contribution in [2.75, 3.05) is 18.2 Å². The zero-order chi connectivity index (χ0) is 14.4. The number of hydrogen-bond acceptors (Lipinski definition) is 6. The number of anilines is 1. The van der Waals surface area contributed by atoms with Crippen LogP contribution in [0, 0.1) is 0 Å². The highest BCUT2D eigenvalue weighted by Gasteiger charge is 2.15. The van der Waals surface area contributed by atoms with Gasteiger partial charge in [-0.2, -0.15) is 0 Å². The Morgan fingerprint density at radius 3 is 2.95 bits per heavy atom. The molecule has 0 aliphatic carbocycles. The predicted octanol–water partition coefficient (Wildman–Crippen LogP) is 2.66. The molecule has 5 nitrogen and oxygen atoms in total. The van der Waals surface area contributed by atoms with Crippen LogP contribution in [0.5, 0.6) is 0 Å². The molecule has 2 aromatic rings. The van der Waals surface area contributed by atoms with Crippen molar-refractivity contribution in [2.24, 2.45) is 0 Å². The fourth-order valence-electron chi connectivity index (χ4n) is 1.42. The van der Waals surface area contributed by atoms with Crippen molar-refractivity contribution in [3.63, 3.8) is 0 Å². The maximum atomic E-state index is 11.8. The Morgan fingerprint density at radius 1 is 1.40 bits per heavy atom. The summed E-state index contributed by atoms with van der Waals surface area (Å²) in [6, 6.07) is 7.20. The summed E-state index contributed by atoms with van der Waals surface area (Å²) in [6.45, 7) is 0. The standard InChI is InChI=1S/C13H12N2O3S2/c1-18-13(17)12-9(5-7-19-12)15-10(16)8-20-11-4-2-3-6-14-11/h2-7H,8H2,1H3,(H,15,16). The molecule has 20 heavy (non-hydrogen) atoms. The van der Waals surface area contributed by atoms with Gasteiger partial charge in [-0.05, 0) is 23.6 Å². The second kappa shape index (κ2) is 7.06. The van der Waals surface area contributed by atoms with Crippen LogP contribution in [0.2, 0.25) is 0 Å². The van der Waals surface area contributed by atoms with E-state index in [0.29, 0.717) is 10.6 Å². The minimum atomic E-state index is -0.451. The minimum absolute atomic E-state index is 0.191. The summed E-state index contributed by atoms with van der Waals surface area (Å²) in [5.41, 5.74) is 0.480.